The van der Waals surface area contributed by atoms with Crippen LogP contribution in [0.4, 0.5) is 4.39 Å². The van der Waals surface area contributed by atoms with E-state index in [0.717, 1.165) is 10.2 Å². The first-order chi connectivity index (χ1) is 10.1. The number of benzene rings is 2. The van der Waals surface area contributed by atoms with E-state index in [1.54, 1.807) is 23.9 Å². The predicted molar refractivity (Wildman–Crippen MR) is 90.8 cm³/mol. The van der Waals surface area contributed by atoms with Crippen molar-refractivity contribution in [3.63, 3.8) is 0 Å². The van der Waals surface area contributed by atoms with Crippen LogP contribution in [0, 0.1) is 12.7 Å². The Labute approximate surface area is 137 Å². The van der Waals surface area contributed by atoms with E-state index in [9.17, 15) is 4.39 Å². The molecule has 0 spiro atoms. The first kappa shape index (κ1) is 16.5. The van der Waals surface area contributed by atoms with Gasteiger partial charge in [0.1, 0.15) is 5.82 Å². The third kappa shape index (κ3) is 5.11. The van der Waals surface area contributed by atoms with Crippen LogP contribution in [0.5, 0.6) is 0 Å². The number of nitrogens with two attached hydrogens (primary N) is 1. The Kier molecular flexibility index (Phi) is 6.23. The lowest BCUT2D eigenvalue weighted by atomic mass is 10.1. The van der Waals surface area contributed by atoms with Crippen LogP contribution in [0.1, 0.15) is 11.1 Å². The van der Waals surface area contributed by atoms with Crippen molar-refractivity contribution in [3.05, 3.63) is 63.9 Å². The summed E-state index contributed by atoms with van der Waals surface area (Å²) >= 11 is 5.08. The van der Waals surface area contributed by atoms with Crippen molar-refractivity contribution in [2.75, 3.05) is 5.75 Å². The maximum Gasteiger partial charge on any atom is 0.126 e. The second kappa shape index (κ2) is 7.94. The first-order valence-electron chi connectivity index (χ1n) is 6.68. The number of thioether (sulfide) groups is 1. The largest absolute Gasteiger partial charge is 0.271 e. The molecule has 2 rings (SSSR count). The molecule has 0 aliphatic heterocycles. The van der Waals surface area contributed by atoms with Gasteiger partial charge in [-0.2, -0.15) is 0 Å². The Morgan fingerprint density at radius 1 is 1.24 bits per heavy atom. The van der Waals surface area contributed by atoms with Gasteiger partial charge in [-0.1, -0.05) is 33.6 Å². The highest BCUT2D eigenvalue weighted by atomic mass is 79.9. The van der Waals surface area contributed by atoms with Gasteiger partial charge in [0, 0.05) is 21.2 Å². The molecule has 21 heavy (non-hydrogen) atoms. The summed E-state index contributed by atoms with van der Waals surface area (Å²) in [7, 11) is 0. The van der Waals surface area contributed by atoms with Gasteiger partial charge in [-0.25, -0.2) is 4.39 Å². The number of hydrazine groups is 1. The molecule has 1 atom stereocenters. The van der Waals surface area contributed by atoms with Gasteiger partial charge >= 0.3 is 0 Å². The Balaban J connectivity index is 1.96. The van der Waals surface area contributed by atoms with Crippen molar-refractivity contribution in [1.29, 1.82) is 0 Å². The zero-order valence-corrected chi connectivity index (χ0v) is 14.2. The van der Waals surface area contributed by atoms with Crippen LogP contribution in [0.2, 0.25) is 0 Å². The number of nitrogens with one attached hydrogen (secondary N) is 1. The van der Waals surface area contributed by atoms with Crippen molar-refractivity contribution < 1.29 is 4.39 Å². The molecule has 1 unspecified atom stereocenters. The fourth-order valence-electron chi connectivity index (χ4n) is 1.96. The Hall–Kier alpha value is -0.880. The molecule has 0 fully saturated rings. The lowest BCUT2D eigenvalue weighted by molar-refractivity contribution is 0.546. The molecule has 0 aliphatic carbocycles. The SMILES string of the molecule is Cc1ccc(SCC(Cc2cc(Br)ccc2F)NN)cc1. The van der Waals surface area contributed by atoms with E-state index in [0.29, 0.717) is 12.0 Å². The molecule has 2 aromatic carbocycles. The molecular weight excluding hydrogens is 351 g/mol. The summed E-state index contributed by atoms with van der Waals surface area (Å²) < 4.78 is 14.7. The van der Waals surface area contributed by atoms with Crippen LogP contribution in [0.3, 0.4) is 0 Å². The van der Waals surface area contributed by atoms with Gasteiger partial charge in [0.25, 0.3) is 0 Å². The first-order valence-corrected chi connectivity index (χ1v) is 8.46. The second-order valence-electron chi connectivity index (χ2n) is 4.93. The van der Waals surface area contributed by atoms with Gasteiger partial charge in [-0.15, -0.1) is 11.8 Å². The van der Waals surface area contributed by atoms with E-state index < -0.39 is 0 Å². The van der Waals surface area contributed by atoms with Crippen LogP contribution in [-0.4, -0.2) is 11.8 Å². The monoisotopic (exact) mass is 368 g/mol. The number of rotatable bonds is 6. The highest BCUT2D eigenvalue weighted by Gasteiger charge is 2.12. The van der Waals surface area contributed by atoms with E-state index in [-0.39, 0.29) is 11.9 Å². The van der Waals surface area contributed by atoms with Gasteiger partial charge < -0.3 is 0 Å². The minimum Gasteiger partial charge on any atom is -0.271 e. The zero-order chi connectivity index (χ0) is 15.2. The van der Waals surface area contributed by atoms with E-state index in [1.165, 1.54) is 16.5 Å². The molecule has 0 heterocycles. The summed E-state index contributed by atoms with van der Waals surface area (Å²) in [5.74, 6) is 6.19. The molecule has 0 saturated heterocycles. The zero-order valence-electron chi connectivity index (χ0n) is 11.8. The highest BCUT2D eigenvalue weighted by Crippen LogP contribution is 2.22. The predicted octanol–water partition coefficient (Wildman–Crippen LogP) is 4.06. The third-order valence-electron chi connectivity index (χ3n) is 3.18. The molecule has 112 valence electrons. The summed E-state index contributed by atoms with van der Waals surface area (Å²) in [4.78, 5) is 1.19. The fraction of sp³-hybridized carbons (Fsp3) is 0.250. The lowest BCUT2D eigenvalue weighted by Crippen LogP contribution is -2.38. The number of hydrogen-bond acceptors (Lipinski definition) is 3. The van der Waals surface area contributed by atoms with Crippen molar-refractivity contribution in [2.45, 2.75) is 24.3 Å². The molecule has 0 bridgehead atoms. The van der Waals surface area contributed by atoms with Crippen LogP contribution < -0.4 is 11.3 Å². The van der Waals surface area contributed by atoms with E-state index >= 15 is 0 Å². The molecular formula is C16H18BrFN2S. The normalized spacial score (nSPS) is 12.4. The maximum absolute atomic E-state index is 13.8. The summed E-state index contributed by atoms with van der Waals surface area (Å²) in [6.07, 6.45) is 0.556. The quantitative estimate of drug-likeness (QED) is 0.458. The average Bonchev–Trinajstić information content (AvgIpc) is 2.48. The molecule has 3 N–H and O–H groups in total. The number of aryl methyl sites for hydroxylation is 1. The van der Waals surface area contributed by atoms with Gasteiger partial charge in [0.05, 0.1) is 0 Å². The van der Waals surface area contributed by atoms with Crippen LogP contribution in [0.25, 0.3) is 0 Å². The molecule has 2 nitrogen and oxygen atoms in total. The van der Waals surface area contributed by atoms with Crippen molar-refractivity contribution in [3.8, 4) is 0 Å². The third-order valence-corrected chi connectivity index (χ3v) is 4.85. The van der Waals surface area contributed by atoms with Crippen LogP contribution in [-0.2, 0) is 6.42 Å². The van der Waals surface area contributed by atoms with Crippen LogP contribution >= 0.6 is 27.7 Å². The highest BCUT2D eigenvalue weighted by molar-refractivity contribution is 9.10. The Morgan fingerprint density at radius 3 is 2.62 bits per heavy atom. The minimum absolute atomic E-state index is 0.0140. The van der Waals surface area contributed by atoms with Crippen molar-refractivity contribution in [2.24, 2.45) is 5.84 Å². The van der Waals surface area contributed by atoms with Gasteiger partial charge in [0.2, 0.25) is 0 Å². The van der Waals surface area contributed by atoms with E-state index in [4.69, 9.17) is 5.84 Å². The molecule has 0 radical (unpaired) electrons. The summed E-state index contributed by atoms with van der Waals surface area (Å²) in [5.41, 5.74) is 4.68. The standard InChI is InChI=1S/C16H18BrFN2S/c1-11-2-5-15(6-3-11)21-10-14(20-19)9-12-8-13(17)4-7-16(12)18/h2-8,14,20H,9-10,19H2,1H3. The smallest absolute Gasteiger partial charge is 0.126 e. The maximum atomic E-state index is 13.8. The molecule has 0 saturated carbocycles. The minimum atomic E-state index is -0.196. The molecule has 0 aromatic heterocycles. The molecule has 0 aliphatic rings. The van der Waals surface area contributed by atoms with Crippen molar-refractivity contribution in [1.82, 2.24) is 5.43 Å². The fourth-order valence-corrected chi connectivity index (χ4v) is 3.31. The molecule has 0 amide bonds. The summed E-state index contributed by atoms with van der Waals surface area (Å²) in [6, 6.07) is 13.3. The topological polar surface area (TPSA) is 38.0 Å². The lowest BCUT2D eigenvalue weighted by Gasteiger charge is -2.16. The molecule has 5 heteroatoms. The average molecular weight is 369 g/mol. The Morgan fingerprint density at radius 2 is 1.95 bits per heavy atom. The van der Waals surface area contributed by atoms with Gasteiger partial charge in [0.15, 0.2) is 0 Å². The summed E-state index contributed by atoms with van der Waals surface area (Å²) in [5, 5.41) is 0. The van der Waals surface area contributed by atoms with E-state index in [2.05, 4.69) is 52.5 Å². The summed E-state index contributed by atoms with van der Waals surface area (Å²) in [6.45, 7) is 2.06. The number of hydrogen-bond donors (Lipinski definition) is 2. The second-order valence-corrected chi connectivity index (χ2v) is 6.94. The Bertz CT molecular complexity index is 589. The van der Waals surface area contributed by atoms with Crippen LogP contribution in [0.15, 0.2) is 51.8 Å². The van der Waals surface area contributed by atoms with Crippen molar-refractivity contribution >= 4 is 27.7 Å². The molecule has 2 aromatic rings. The number of halogens is 2. The van der Waals surface area contributed by atoms with E-state index in [1.807, 2.05) is 0 Å². The van der Waals surface area contributed by atoms with Gasteiger partial charge in [-0.05, 0) is 49.2 Å². The van der Waals surface area contributed by atoms with Gasteiger partial charge in [-0.3, -0.25) is 11.3 Å².